The van der Waals surface area contributed by atoms with Gasteiger partial charge in [0.1, 0.15) is 5.75 Å². The quantitative estimate of drug-likeness (QED) is 0.586. The lowest BCUT2D eigenvalue weighted by Crippen LogP contribution is -2.19. The van der Waals surface area contributed by atoms with E-state index in [1.165, 1.54) is 12.1 Å². The van der Waals surface area contributed by atoms with Gasteiger partial charge >= 0.3 is 5.97 Å². The molecule has 1 atom stereocenters. The Balaban J connectivity index is 2.63. The molecule has 0 aromatic heterocycles. The first-order valence-electron chi connectivity index (χ1n) is 9.22. The van der Waals surface area contributed by atoms with E-state index >= 15 is 0 Å². The minimum Gasteiger partial charge on any atom is -0.480 e. The average molecular weight is 338 g/mol. The fraction of sp³-hybridized carbons (Fsp3) is 0.562. The topological polar surface area (TPSA) is 35.5 Å². The summed E-state index contributed by atoms with van der Waals surface area (Å²) in [6.45, 7) is -1.65. The van der Waals surface area contributed by atoms with Gasteiger partial charge in [0.2, 0.25) is 0 Å². The van der Waals surface area contributed by atoms with Gasteiger partial charge in [-0.05, 0) is 30.5 Å². The van der Waals surface area contributed by atoms with E-state index in [0.717, 1.165) is 6.42 Å². The second kappa shape index (κ2) is 9.91. The molecule has 0 aliphatic carbocycles. The van der Waals surface area contributed by atoms with Crippen LogP contribution in [0.2, 0.25) is 10.0 Å². The highest BCUT2D eigenvalue weighted by Gasteiger charge is 2.11. The van der Waals surface area contributed by atoms with Crippen molar-refractivity contribution in [1.82, 2.24) is 0 Å². The molecule has 3 nitrogen and oxygen atoms in total. The first kappa shape index (κ1) is 11.6. The van der Waals surface area contributed by atoms with Crippen molar-refractivity contribution in [3.05, 3.63) is 28.2 Å². The molecule has 1 aromatic carbocycles. The molecule has 21 heavy (non-hydrogen) atoms. The van der Waals surface area contributed by atoms with Gasteiger partial charge in [-0.3, -0.25) is 0 Å². The van der Waals surface area contributed by atoms with Crippen LogP contribution in [0.1, 0.15) is 46.3 Å². The molecule has 0 radical (unpaired) electrons. The third-order valence-corrected chi connectivity index (χ3v) is 3.33. The molecule has 1 aromatic rings. The number of unbranched alkanes of at least 4 members (excludes halogenated alkanes) is 1. The van der Waals surface area contributed by atoms with Crippen LogP contribution in [0.3, 0.4) is 0 Å². The summed E-state index contributed by atoms with van der Waals surface area (Å²) < 4.78 is 48.2. The van der Waals surface area contributed by atoms with Crippen LogP contribution in [0.4, 0.5) is 0 Å². The van der Waals surface area contributed by atoms with Crippen molar-refractivity contribution in [2.24, 2.45) is 5.92 Å². The number of halogens is 2. The van der Waals surface area contributed by atoms with E-state index in [1.807, 2.05) is 6.92 Å². The van der Waals surface area contributed by atoms with E-state index in [-0.39, 0.29) is 17.4 Å². The molecule has 0 heterocycles. The Labute approximate surface area is 143 Å². The maximum atomic E-state index is 11.9. The number of carbonyl (C=O) groups excluding carboxylic acids is 1. The normalized spacial score (nSPS) is 16.8. The number of carbonyl (C=O) groups is 1. The molecule has 0 spiro atoms. The van der Waals surface area contributed by atoms with Gasteiger partial charge in [0.25, 0.3) is 0 Å². The Morgan fingerprint density at radius 3 is 2.95 bits per heavy atom. The van der Waals surface area contributed by atoms with Gasteiger partial charge in [0, 0.05) is 11.9 Å². The summed E-state index contributed by atoms with van der Waals surface area (Å²) in [6, 6.07) is 4.53. The van der Waals surface area contributed by atoms with Gasteiger partial charge < -0.3 is 9.47 Å². The maximum Gasteiger partial charge on any atom is 0.344 e. The first-order valence-corrected chi connectivity index (χ1v) is 7.48. The summed E-state index contributed by atoms with van der Waals surface area (Å²) in [5, 5.41) is 0.667. The highest BCUT2D eigenvalue weighted by Crippen LogP contribution is 2.27. The Morgan fingerprint density at radius 2 is 2.29 bits per heavy atom. The highest BCUT2D eigenvalue weighted by molar-refractivity contribution is 6.35. The van der Waals surface area contributed by atoms with Gasteiger partial charge in [-0.25, -0.2) is 4.79 Å². The van der Waals surface area contributed by atoms with Crippen LogP contribution >= 0.6 is 23.2 Å². The number of esters is 1. The fourth-order valence-corrected chi connectivity index (χ4v) is 2.07. The molecule has 0 amide bonds. The van der Waals surface area contributed by atoms with Crippen LogP contribution in [0.25, 0.3) is 0 Å². The van der Waals surface area contributed by atoms with Crippen LogP contribution in [-0.2, 0) is 9.53 Å². The zero-order valence-electron chi connectivity index (χ0n) is 16.8. The molecule has 0 N–H and O–H groups in total. The summed E-state index contributed by atoms with van der Waals surface area (Å²) in [4.78, 5) is 11.9. The molecule has 5 heteroatoms. The van der Waals surface area contributed by atoms with Crippen molar-refractivity contribution in [3.8, 4) is 5.75 Å². The first-order chi connectivity index (χ1) is 12.0. The minimum absolute atomic E-state index is 0.241. The molecule has 0 saturated heterocycles. The van der Waals surface area contributed by atoms with Gasteiger partial charge in [0.15, 0.2) is 6.61 Å². The van der Waals surface area contributed by atoms with E-state index in [9.17, 15) is 4.79 Å². The van der Waals surface area contributed by atoms with Gasteiger partial charge in [-0.1, -0.05) is 56.2 Å². The monoisotopic (exact) mass is 337 g/mol. The molecule has 118 valence electrons. The van der Waals surface area contributed by atoms with E-state index in [1.54, 1.807) is 6.07 Å². The lowest BCUT2D eigenvalue weighted by atomic mass is 10.0. The summed E-state index contributed by atoms with van der Waals surface area (Å²) in [5.41, 5.74) is 0. The van der Waals surface area contributed by atoms with E-state index in [4.69, 9.17) is 39.5 Å². The lowest BCUT2D eigenvalue weighted by Gasteiger charge is -2.15. The molecule has 0 saturated carbocycles. The summed E-state index contributed by atoms with van der Waals surface area (Å²) in [6.07, 6.45) is -0.740. The number of hydrogen-bond acceptors (Lipinski definition) is 3. The highest BCUT2D eigenvalue weighted by atomic mass is 35.5. The lowest BCUT2D eigenvalue weighted by molar-refractivity contribution is -0.147. The number of ether oxygens (including phenoxy) is 2. The largest absolute Gasteiger partial charge is 0.480 e. The zero-order valence-corrected chi connectivity index (χ0v) is 13.3. The molecule has 0 bridgehead atoms. The average Bonchev–Trinajstić information content (AvgIpc) is 2.52. The second-order valence-electron chi connectivity index (χ2n) is 4.53. The number of rotatable bonds is 9. The fourth-order valence-electron chi connectivity index (χ4n) is 1.61. The van der Waals surface area contributed by atoms with Crippen molar-refractivity contribution in [3.63, 3.8) is 0 Å². The third-order valence-electron chi connectivity index (χ3n) is 2.80. The van der Waals surface area contributed by atoms with Gasteiger partial charge in [-0.15, -0.1) is 0 Å². The molecule has 0 aliphatic heterocycles. The van der Waals surface area contributed by atoms with Crippen molar-refractivity contribution >= 4 is 29.2 Å². The Morgan fingerprint density at radius 1 is 1.48 bits per heavy atom. The Hall–Kier alpha value is -0.930. The van der Waals surface area contributed by atoms with E-state index < -0.39 is 31.7 Å². The summed E-state index contributed by atoms with van der Waals surface area (Å²) >= 11 is 11.7. The minimum atomic E-state index is -2.80. The third kappa shape index (κ3) is 7.05. The Kier molecular flexibility index (Phi) is 5.48. The standard InChI is InChI=1S/C16H22Cl2O3/c1-3-5-6-12(4-2)10-21-16(19)11-20-15-8-7-13(17)9-14(15)18/h7-9,12H,3-6,10-11H2,1-2H3/i2D3,4D2. The predicted octanol–water partition coefficient (Wildman–Crippen LogP) is 5.13. The van der Waals surface area contributed by atoms with Gasteiger partial charge in [-0.2, -0.15) is 0 Å². The van der Waals surface area contributed by atoms with Gasteiger partial charge in [0.05, 0.1) is 11.6 Å². The predicted molar refractivity (Wildman–Crippen MR) is 86.2 cm³/mol. The van der Waals surface area contributed by atoms with Crippen molar-refractivity contribution < 1.29 is 21.1 Å². The number of hydrogen-bond donors (Lipinski definition) is 0. The number of benzene rings is 1. The zero-order chi connectivity index (χ0) is 20.0. The van der Waals surface area contributed by atoms with Crippen LogP contribution in [0.15, 0.2) is 18.2 Å². The van der Waals surface area contributed by atoms with Crippen LogP contribution in [0, 0.1) is 5.92 Å². The van der Waals surface area contributed by atoms with E-state index in [0.29, 0.717) is 17.9 Å². The van der Waals surface area contributed by atoms with Crippen molar-refractivity contribution in [2.45, 2.75) is 39.4 Å². The van der Waals surface area contributed by atoms with E-state index in [2.05, 4.69) is 0 Å². The second-order valence-corrected chi connectivity index (χ2v) is 5.37. The van der Waals surface area contributed by atoms with Crippen LogP contribution < -0.4 is 4.74 Å². The summed E-state index contributed by atoms with van der Waals surface area (Å²) in [7, 11) is 0. The maximum absolute atomic E-state index is 11.9. The molecule has 1 unspecified atom stereocenters. The van der Waals surface area contributed by atoms with Crippen molar-refractivity contribution in [2.75, 3.05) is 13.2 Å². The molecule has 0 fully saturated rings. The Bertz CT molecular complexity index is 608. The molecule has 1 rings (SSSR count). The van der Waals surface area contributed by atoms with Crippen LogP contribution in [0.5, 0.6) is 5.75 Å². The molecular weight excluding hydrogens is 311 g/mol. The molecule has 0 aliphatic rings. The SMILES string of the molecule is [2H]C([2H])([2H])C([2H])([2H])C(CCCC)COC(=O)COc1ccc(Cl)cc1Cl. The smallest absolute Gasteiger partial charge is 0.344 e. The molecular formula is C16H22Cl2O3. The van der Waals surface area contributed by atoms with Crippen molar-refractivity contribution in [1.29, 1.82) is 0 Å². The summed E-state index contributed by atoms with van der Waals surface area (Å²) in [5.74, 6) is -1.41. The van der Waals surface area contributed by atoms with Crippen LogP contribution in [-0.4, -0.2) is 19.2 Å².